The van der Waals surface area contributed by atoms with Gasteiger partial charge in [0.05, 0.1) is 42.6 Å². The number of hydrogen-bond donors (Lipinski definition) is 2. The van der Waals surface area contributed by atoms with Gasteiger partial charge in [-0.3, -0.25) is 4.79 Å². The molecule has 0 radical (unpaired) electrons. The largest absolute Gasteiger partial charge is 0.481 e. The average molecular weight is 573 g/mol. The zero-order valence-electron chi connectivity index (χ0n) is 21.8. The second kappa shape index (κ2) is 11.8. The van der Waals surface area contributed by atoms with Gasteiger partial charge in [0.1, 0.15) is 5.69 Å². The number of halogens is 2. The first-order valence-corrected chi connectivity index (χ1v) is 13.3. The van der Waals surface area contributed by atoms with Crippen LogP contribution < -0.4 is 0 Å². The quantitative estimate of drug-likeness (QED) is 0.318. The van der Waals surface area contributed by atoms with Crippen LogP contribution in [0.1, 0.15) is 32.3 Å². The van der Waals surface area contributed by atoms with Crippen LogP contribution in [0.25, 0.3) is 11.3 Å². The molecule has 0 fully saturated rings. The van der Waals surface area contributed by atoms with Gasteiger partial charge in [-0.05, 0) is 44.5 Å². The molecule has 2 heterocycles. The predicted octanol–water partition coefficient (Wildman–Crippen LogP) is 5.21. The molecule has 206 valence electrons. The van der Waals surface area contributed by atoms with Gasteiger partial charge in [-0.2, -0.15) is 0 Å². The van der Waals surface area contributed by atoms with E-state index in [1.165, 1.54) is 0 Å². The van der Waals surface area contributed by atoms with Crippen LogP contribution in [-0.2, 0) is 20.9 Å². The number of likely N-dealkylation sites (N-methyl/N-ethyl adjacent to an activating group) is 1. The predicted molar refractivity (Wildman–Crippen MR) is 148 cm³/mol. The van der Waals surface area contributed by atoms with Crippen molar-refractivity contribution in [3.05, 3.63) is 81.6 Å². The molecule has 4 rings (SSSR count). The van der Waals surface area contributed by atoms with E-state index in [1.54, 1.807) is 66.0 Å². The molecule has 39 heavy (non-hydrogen) atoms. The smallest absolute Gasteiger partial charge is 0.334 e. The number of benzene rings is 2. The van der Waals surface area contributed by atoms with Crippen LogP contribution in [0.3, 0.4) is 0 Å². The molecule has 11 heteroatoms. The van der Waals surface area contributed by atoms with Gasteiger partial charge in [0.15, 0.2) is 0 Å². The van der Waals surface area contributed by atoms with Crippen molar-refractivity contribution in [2.24, 2.45) is 5.41 Å². The Morgan fingerprint density at radius 2 is 1.87 bits per heavy atom. The normalized spacial score (nSPS) is 21.3. The van der Waals surface area contributed by atoms with Gasteiger partial charge in [-0.25, -0.2) is 9.48 Å². The van der Waals surface area contributed by atoms with Crippen molar-refractivity contribution in [2.45, 2.75) is 39.3 Å². The van der Waals surface area contributed by atoms with Crippen LogP contribution in [0, 0.1) is 5.41 Å². The number of ether oxygens (including phenoxy) is 1. The zero-order chi connectivity index (χ0) is 28.3. The summed E-state index contributed by atoms with van der Waals surface area (Å²) in [5.41, 5.74) is 0.902. The third-order valence-corrected chi connectivity index (χ3v) is 8.07. The SMILES string of the molecule is CCN1C(COCCn2cc(-c3cccc(Cl)c3)nn2)=C(C(=O)O)C(c2ccccc2Cl)C(C)(C(=O)O)C1C. The lowest BCUT2D eigenvalue weighted by molar-refractivity contribution is -0.154. The van der Waals surface area contributed by atoms with Crippen LogP contribution in [0.5, 0.6) is 0 Å². The summed E-state index contributed by atoms with van der Waals surface area (Å²) < 4.78 is 7.60. The number of carboxylic acids is 2. The fourth-order valence-corrected chi connectivity index (χ4v) is 5.73. The van der Waals surface area contributed by atoms with E-state index in [0.717, 1.165) is 5.56 Å². The fraction of sp³-hybridized carbons (Fsp3) is 0.357. The van der Waals surface area contributed by atoms with Gasteiger partial charge in [-0.15, -0.1) is 5.10 Å². The van der Waals surface area contributed by atoms with E-state index < -0.39 is 29.3 Å². The van der Waals surface area contributed by atoms with E-state index in [1.807, 2.05) is 19.1 Å². The summed E-state index contributed by atoms with van der Waals surface area (Å²) in [6.45, 7) is 6.24. The van der Waals surface area contributed by atoms with Crippen LogP contribution in [0.2, 0.25) is 10.0 Å². The molecule has 9 nitrogen and oxygen atoms in total. The van der Waals surface area contributed by atoms with Gasteiger partial charge >= 0.3 is 11.9 Å². The van der Waals surface area contributed by atoms with Gasteiger partial charge in [0.2, 0.25) is 0 Å². The van der Waals surface area contributed by atoms with Crippen molar-refractivity contribution in [1.82, 2.24) is 19.9 Å². The maximum Gasteiger partial charge on any atom is 0.334 e. The van der Waals surface area contributed by atoms with Gasteiger partial charge in [0.25, 0.3) is 0 Å². The van der Waals surface area contributed by atoms with Crippen LogP contribution in [0.15, 0.2) is 66.0 Å². The second-order valence-electron chi connectivity index (χ2n) is 9.60. The lowest BCUT2D eigenvalue weighted by Gasteiger charge is -2.51. The molecule has 0 saturated carbocycles. The lowest BCUT2D eigenvalue weighted by atomic mass is 9.62. The third kappa shape index (κ3) is 5.52. The van der Waals surface area contributed by atoms with Crippen molar-refractivity contribution in [2.75, 3.05) is 19.8 Å². The summed E-state index contributed by atoms with van der Waals surface area (Å²) in [6.07, 6.45) is 1.78. The fourth-order valence-electron chi connectivity index (χ4n) is 5.30. The lowest BCUT2D eigenvalue weighted by Crippen LogP contribution is -2.57. The Morgan fingerprint density at radius 3 is 2.51 bits per heavy atom. The molecule has 3 atom stereocenters. The van der Waals surface area contributed by atoms with E-state index in [2.05, 4.69) is 10.3 Å². The maximum absolute atomic E-state index is 12.7. The van der Waals surface area contributed by atoms with Crippen LogP contribution in [0.4, 0.5) is 0 Å². The van der Waals surface area contributed by atoms with Gasteiger partial charge in [-0.1, -0.05) is 58.7 Å². The molecule has 2 aromatic carbocycles. The van der Waals surface area contributed by atoms with E-state index in [0.29, 0.717) is 40.1 Å². The van der Waals surface area contributed by atoms with Crippen molar-refractivity contribution >= 4 is 35.1 Å². The Balaban J connectivity index is 1.62. The molecule has 0 spiro atoms. The van der Waals surface area contributed by atoms with Crippen molar-refractivity contribution in [3.63, 3.8) is 0 Å². The first kappa shape index (κ1) is 28.6. The highest BCUT2D eigenvalue weighted by molar-refractivity contribution is 6.31. The minimum atomic E-state index is -1.46. The van der Waals surface area contributed by atoms with E-state index >= 15 is 0 Å². The highest BCUT2D eigenvalue weighted by atomic mass is 35.5. The highest BCUT2D eigenvalue weighted by Gasteiger charge is 2.56. The summed E-state index contributed by atoms with van der Waals surface area (Å²) in [5.74, 6) is -3.30. The summed E-state index contributed by atoms with van der Waals surface area (Å²) in [4.78, 5) is 27.3. The first-order chi connectivity index (χ1) is 18.6. The van der Waals surface area contributed by atoms with Crippen molar-refractivity contribution < 1.29 is 24.5 Å². The molecule has 0 saturated heterocycles. The van der Waals surface area contributed by atoms with E-state index in [9.17, 15) is 19.8 Å². The third-order valence-electron chi connectivity index (χ3n) is 7.49. The molecule has 0 aliphatic carbocycles. The number of carbonyl (C=O) groups is 2. The molecule has 0 amide bonds. The molecule has 1 aliphatic heterocycles. The Hall–Kier alpha value is -3.40. The number of hydrogen-bond acceptors (Lipinski definition) is 6. The average Bonchev–Trinajstić information content (AvgIpc) is 3.37. The zero-order valence-corrected chi connectivity index (χ0v) is 23.4. The van der Waals surface area contributed by atoms with E-state index in [-0.39, 0.29) is 18.8 Å². The Kier molecular flexibility index (Phi) is 8.64. The molecule has 3 aromatic rings. The molecule has 2 N–H and O–H groups in total. The first-order valence-electron chi connectivity index (χ1n) is 12.5. The van der Waals surface area contributed by atoms with Gasteiger partial charge in [0, 0.05) is 34.1 Å². The molecular weight excluding hydrogens is 543 g/mol. The summed E-state index contributed by atoms with van der Waals surface area (Å²) >= 11 is 12.6. The van der Waals surface area contributed by atoms with Crippen molar-refractivity contribution in [1.29, 1.82) is 0 Å². The molecule has 1 aromatic heterocycles. The number of rotatable bonds is 10. The Bertz CT molecular complexity index is 1410. The molecule has 0 bridgehead atoms. The van der Waals surface area contributed by atoms with Crippen LogP contribution >= 0.6 is 23.2 Å². The Labute approximate surface area is 236 Å². The van der Waals surface area contributed by atoms with Crippen LogP contribution in [-0.4, -0.2) is 67.8 Å². The standard InChI is InChI=1S/C28H30Cl2N4O5/c1-4-34-17(2)28(3,27(37)38)25(20-10-5-6-11-21(20)30)24(26(35)36)23(34)16-39-13-12-33-15-22(31-32-33)18-8-7-9-19(29)14-18/h5-11,14-15,17,25H,4,12-13,16H2,1-3H3,(H,35,36)(H,37,38). The number of carboxylic acid groups (broad SMARTS) is 2. The Morgan fingerprint density at radius 1 is 1.13 bits per heavy atom. The van der Waals surface area contributed by atoms with Crippen molar-refractivity contribution in [3.8, 4) is 11.3 Å². The maximum atomic E-state index is 12.7. The second-order valence-corrected chi connectivity index (χ2v) is 10.4. The topological polar surface area (TPSA) is 118 Å². The minimum absolute atomic E-state index is 0.0215. The molecule has 3 unspecified atom stereocenters. The summed E-state index contributed by atoms with van der Waals surface area (Å²) in [5, 5.41) is 30.0. The minimum Gasteiger partial charge on any atom is -0.481 e. The molecular formula is C28H30Cl2N4O5. The highest BCUT2D eigenvalue weighted by Crippen LogP contribution is 2.52. The molecule has 1 aliphatic rings. The number of nitrogens with zero attached hydrogens (tertiary/aromatic N) is 4. The summed E-state index contributed by atoms with van der Waals surface area (Å²) in [7, 11) is 0. The van der Waals surface area contributed by atoms with E-state index in [4.69, 9.17) is 27.9 Å². The monoisotopic (exact) mass is 572 g/mol. The summed E-state index contributed by atoms with van der Waals surface area (Å²) in [6, 6.07) is 13.5. The number of aliphatic carboxylic acids is 2. The number of aromatic nitrogens is 3. The van der Waals surface area contributed by atoms with Gasteiger partial charge < -0.3 is 19.8 Å².